The number of benzene rings is 2. The van der Waals surface area contributed by atoms with Crippen molar-refractivity contribution in [3.05, 3.63) is 58.1 Å². The molecule has 0 aliphatic carbocycles. The molecular weight excluding hydrogens is 398 g/mol. The fourth-order valence-electron chi connectivity index (χ4n) is 3.92. The summed E-state index contributed by atoms with van der Waals surface area (Å²) in [5, 5.41) is 0. The van der Waals surface area contributed by atoms with Crippen molar-refractivity contribution in [2.24, 2.45) is 10.7 Å². The molecule has 0 spiro atoms. The first kappa shape index (κ1) is 22.2. The van der Waals surface area contributed by atoms with Gasteiger partial charge in [0, 0.05) is 6.54 Å². The van der Waals surface area contributed by atoms with Gasteiger partial charge in [-0.2, -0.15) is 0 Å². The Morgan fingerprint density at radius 3 is 2.47 bits per heavy atom. The predicted molar refractivity (Wildman–Crippen MR) is 121 cm³/mol. The summed E-state index contributed by atoms with van der Waals surface area (Å²) in [5.41, 5.74) is 9.97. The van der Waals surface area contributed by atoms with Gasteiger partial charge in [0.25, 0.3) is 10.0 Å². The average molecular weight is 430 g/mol. The monoisotopic (exact) mass is 429 g/mol. The molecule has 162 valence electrons. The third-order valence-electron chi connectivity index (χ3n) is 5.70. The van der Waals surface area contributed by atoms with Crippen molar-refractivity contribution in [2.45, 2.75) is 64.4 Å². The molecule has 0 fully saturated rings. The lowest BCUT2D eigenvalue weighted by Gasteiger charge is -2.35. The van der Waals surface area contributed by atoms with E-state index < -0.39 is 10.0 Å². The average Bonchev–Trinajstić information content (AvgIpc) is 2.65. The minimum atomic E-state index is -3.86. The number of fused-ring (bicyclic) bond motifs is 1. The molecule has 7 heteroatoms. The van der Waals surface area contributed by atoms with E-state index in [1.54, 1.807) is 0 Å². The summed E-state index contributed by atoms with van der Waals surface area (Å²) < 4.78 is 35.0. The second-order valence-corrected chi connectivity index (χ2v) is 10.1. The molecule has 0 amide bonds. The van der Waals surface area contributed by atoms with Crippen LogP contribution in [0, 0.1) is 20.8 Å². The Labute approximate surface area is 179 Å². The first-order chi connectivity index (χ1) is 14.0. The van der Waals surface area contributed by atoms with E-state index in [2.05, 4.69) is 23.6 Å². The summed E-state index contributed by atoms with van der Waals surface area (Å²) in [6.07, 6.45) is 2.30. The van der Waals surface area contributed by atoms with E-state index >= 15 is 0 Å². The Morgan fingerprint density at radius 2 is 1.80 bits per heavy atom. The zero-order chi connectivity index (χ0) is 22.1. The van der Waals surface area contributed by atoms with Crippen molar-refractivity contribution >= 4 is 16.0 Å². The Balaban J connectivity index is 1.85. The van der Waals surface area contributed by atoms with Crippen LogP contribution in [0.15, 0.2) is 40.2 Å². The van der Waals surface area contributed by atoms with Crippen LogP contribution in [0.2, 0.25) is 0 Å². The molecule has 0 radical (unpaired) electrons. The standard InChI is InChI=1S/C23H31N3O3S/c1-15-16(2)21(17(3)19-11-13-23(4,5)29-20(15)19)30(27,28)26-22(24)25-14-12-18-9-7-6-8-10-18/h6-10H,11-14H2,1-5H3,(H3,24,25,26). The molecule has 0 aromatic heterocycles. The minimum Gasteiger partial charge on any atom is -0.487 e. The normalized spacial score (nSPS) is 16.0. The summed E-state index contributed by atoms with van der Waals surface area (Å²) in [6, 6.07) is 9.87. The molecule has 0 saturated heterocycles. The minimum absolute atomic E-state index is 0.0995. The van der Waals surface area contributed by atoms with Crippen LogP contribution in [0.3, 0.4) is 0 Å². The quantitative estimate of drug-likeness (QED) is 0.561. The van der Waals surface area contributed by atoms with Crippen molar-refractivity contribution in [1.82, 2.24) is 4.72 Å². The van der Waals surface area contributed by atoms with Crippen LogP contribution in [0.5, 0.6) is 5.75 Å². The zero-order valence-corrected chi connectivity index (χ0v) is 19.2. The van der Waals surface area contributed by atoms with E-state index in [4.69, 9.17) is 10.5 Å². The van der Waals surface area contributed by atoms with E-state index in [1.165, 1.54) is 0 Å². The van der Waals surface area contributed by atoms with Crippen molar-refractivity contribution in [2.75, 3.05) is 6.54 Å². The third kappa shape index (κ3) is 4.61. The maximum absolute atomic E-state index is 13.2. The number of aliphatic imine (C=N–C) groups is 1. The summed E-state index contributed by atoms with van der Waals surface area (Å²) in [6.45, 7) is 10.1. The largest absolute Gasteiger partial charge is 0.487 e. The van der Waals surface area contributed by atoms with E-state index in [1.807, 2.05) is 51.1 Å². The van der Waals surface area contributed by atoms with Gasteiger partial charge in [0.15, 0.2) is 0 Å². The lowest BCUT2D eigenvalue weighted by atomic mass is 9.88. The van der Waals surface area contributed by atoms with Gasteiger partial charge in [0.05, 0.1) is 4.90 Å². The van der Waals surface area contributed by atoms with Gasteiger partial charge in [-0.15, -0.1) is 0 Å². The van der Waals surface area contributed by atoms with E-state index in [-0.39, 0.29) is 16.5 Å². The molecule has 1 aliphatic heterocycles. The van der Waals surface area contributed by atoms with Crippen LogP contribution in [0.4, 0.5) is 0 Å². The molecule has 1 aliphatic rings. The van der Waals surface area contributed by atoms with Gasteiger partial charge in [-0.05, 0) is 81.7 Å². The molecule has 1 heterocycles. The number of nitrogens with zero attached hydrogens (tertiary/aromatic N) is 1. The van der Waals surface area contributed by atoms with Crippen molar-refractivity contribution in [3.63, 3.8) is 0 Å². The molecule has 0 unspecified atom stereocenters. The maximum atomic E-state index is 13.2. The number of nitrogens with one attached hydrogen (secondary N) is 1. The van der Waals surface area contributed by atoms with Crippen LogP contribution >= 0.6 is 0 Å². The lowest BCUT2D eigenvalue weighted by Crippen LogP contribution is -2.38. The second-order valence-electron chi connectivity index (χ2n) is 8.48. The van der Waals surface area contributed by atoms with Gasteiger partial charge in [0.1, 0.15) is 11.4 Å². The van der Waals surface area contributed by atoms with Gasteiger partial charge < -0.3 is 10.5 Å². The first-order valence-electron chi connectivity index (χ1n) is 10.2. The van der Waals surface area contributed by atoms with Crippen molar-refractivity contribution in [1.29, 1.82) is 0 Å². The fourth-order valence-corrected chi connectivity index (χ4v) is 5.45. The van der Waals surface area contributed by atoms with Gasteiger partial charge >= 0.3 is 0 Å². The first-order valence-corrected chi connectivity index (χ1v) is 11.7. The number of nitrogens with two attached hydrogens (primary N) is 1. The number of rotatable bonds is 5. The summed E-state index contributed by atoms with van der Waals surface area (Å²) in [5.74, 6) is 0.710. The van der Waals surface area contributed by atoms with E-state index in [0.717, 1.165) is 35.3 Å². The molecule has 30 heavy (non-hydrogen) atoms. The number of hydrogen-bond donors (Lipinski definition) is 2. The topological polar surface area (TPSA) is 93.8 Å². The number of guanidine groups is 1. The highest BCUT2D eigenvalue weighted by molar-refractivity contribution is 7.90. The summed E-state index contributed by atoms with van der Waals surface area (Å²) in [4.78, 5) is 4.46. The van der Waals surface area contributed by atoms with Gasteiger partial charge in [-0.1, -0.05) is 30.3 Å². The van der Waals surface area contributed by atoms with Gasteiger partial charge in [-0.25, -0.2) is 13.1 Å². The number of sulfonamides is 1. The Hall–Kier alpha value is -2.54. The van der Waals surface area contributed by atoms with Gasteiger partial charge in [0.2, 0.25) is 5.96 Å². The van der Waals surface area contributed by atoms with Crippen LogP contribution in [0.1, 0.15) is 48.1 Å². The summed E-state index contributed by atoms with van der Waals surface area (Å²) in [7, 11) is -3.86. The highest BCUT2D eigenvalue weighted by Gasteiger charge is 2.33. The Kier molecular flexibility index (Phi) is 6.13. The predicted octanol–water partition coefficient (Wildman–Crippen LogP) is 3.55. The third-order valence-corrected chi connectivity index (χ3v) is 7.33. The van der Waals surface area contributed by atoms with Gasteiger partial charge in [-0.3, -0.25) is 4.99 Å². The van der Waals surface area contributed by atoms with E-state index in [9.17, 15) is 8.42 Å². The van der Waals surface area contributed by atoms with Crippen LogP contribution in [0.25, 0.3) is 0 Å². The Bertz CT molecular complexity index is 1070. The molecule has 0 saturated carbocycles. The van der Waals surface area contributed by atoms with Crippen LogP contribution in [-0.2, 0) is 22.9 Å². The smallest absolute Gasteiger partial charge is 0.264 e. The SMILES string of the molecule is Cc1c(C)c(S(=O)(=O)NC(N)=NCCc2ccccc2)c(C)c2c1OC(C)(C)CC2. The molecular formula is C23H31N3O3S. The zero-order valence-electron chi connectivity index (χ0n) is 18.4. The summed E-state index contributed by atoms with van der Waals surface area (Å²) >= 11 is 0. The molecule has 2 aromatic carbocycles. The molecule has 3 N–H and O–H groups in total. The molecule has 2 aromatic rings. The highest BCUT2D eigenvalue weighted by atomic mass is 32.2. The molecule has 3 rings (SSSR count). The number of hydrogen-bond acceptors (Lipinski definition) is 4. The number of ether oxygens (including phenoxy) is 1. The molecule has 0 bridgehead atoms. The fraction of sp³-hybridized carbons (Fsp3) is 0.435. The highest BCUT2D eigenvalue weighted by Crippen LogP contribution is 2.42. The molecule has 0 atom stereocenters. The van der Waals surface area contributed by atoms with E-state index in [0.29, 0.717) is 24.1 Å². The van der Waals surface area contributed by atoms with Crippen LogP contribution < -0.4 is 15.2 Å². The van der Waals surface area contributed by atoms with Crippen molar-refractivity contribution < 1.29 is 13.2 Å². The Morgan fingerprint density at radius 1 is 1.13 bits per heavy atom. The second kappa shape index (κ2) is 8.30. The lowest BCUT2D eigenvalue weighted by molar-refractivity contribution is 0.0832. The van der Waals surface area contributed by atoms with Crippen LogP contribution in [-0.4, -0.2) is 26.5 Å². The maximum Gasteiger partial charge on any atom is 0.264 e. The van der Waals surface area contributed by atoms with Crippen molar-refractivity contribution in [3.8, 4) is 5.75 Å². The molecule has 6 nitrogen and oxygen atoms in total.